The summed E-state index contributed by atoms with van der Waals surface area (Å²) in [6, 6.07) is 0. The van der Waals surface area contributed by atoms with Crippen LogP contribution in [0.3, 0.4) is 0 Å². The standard InChI is InChI=1S/C14H24O/c1-10-7-6-8-14(4,5)13(10)11(2)9-12(3)15/h6-7,11-13,15H,1,8-9H2,2-5H3. The van der Waals surface area contributed by atoms with Gasteiger partial charge in [0, 0.05) is 0 Å². The Morgan fingerprint density at radius 2 is 2.13 bits per heavy atom. The molecular formula is C14H24O. The minimum atomic E-state index is -0.213. The molecule has 3 atom stereocenters. The highest BCUT2D eigenvalue weighted by Crippen LogP contribution is 2.45. The van der Waals surface area contributed by atoms with Crippen molar-refractivity contribution in [2.75, 3.05) is 0 Å². The summed E-state index contributed by atoms with van der Waals surface area (Å²) >= 11 is 0. The average molecular weight is 208 g/mol. The minimum Gasteiger partial charge on any atom is -0.393 e. The largest absolute Gasteiger partial charge is 0.393 e. The molecule has 1 aliphatic rings. The zero-order chi connectivity index (χ0) is 11.6. The van der Waals surface area contributed by atoms with Gasteiger partial charge in [0.2, 0.25) is 0 Å². The molecule has 0 spiro atoms. The highest BCUT2D eigenvalue weighted by atomic mass is 16.3. The monoisotopic (exact) mass is 208 g/mol. The summed E-state index contributed by atoms with van der Waals surface area (Å²) in [6.07, 6.45) is 6.12. The fourth-order valence-corrected chi connectivity index (χ4v) is 3.06. The van der Waals surface area contributed by atoms with Crippen molar-refractivity contribution in [3.05, 3.63) is 24.3 Å². The summed E-state index contributed by atoms with van der Waals surface area (Å²) in [5, 5.41) is 9.46. The van der Waals surface area contributed by atoms with Gasteiger partial charge in [-0.25, -0.2) is 0 Å². The van der Waals surface area contributed by atoms with E-state index in [0.717, 1.165) is 12.8 Å². The molecule has 0 saturated heterocycles. The SMILES string of the molecule is C=C1C=CCC(C)(C)C1C(C)CC(C)O. The second-order valence-electron chi connectivity index (χ2n) is 5.71. The van der Waals surface area contributed by atoms with Crippen molar-refractivity contribution in [2.24, 2.45) is 17.3 Å². The molecule has 86 valence electrons. The molecule has 0 aliphatic heterocycles. The summed E-state index contributed by atoms with van der Waals surface area (Å²) in [5.41, 5.74) is 1.50. The van der Waals surface area contributed by atoms with Crippen molar-refractivity contribution in [2.45, 2.75) is 46.6 Å². The Morgan fingerprint density at radius 1 is 1.53 bits per heavy atom. The van der Waals surface area contributed by atoms with Crippen LogP contribution in [-0.4, -0.2) is 11.2 Å². The lowest BCUT2D eigenvalue weighted by atomic mass is 9.64. The van der Waals surface area contributed by atoms with Crippen LogP contribution in [0, 0.1) is 17.3 Å². The maximum absolute atomic E-state index is 9.46. The highest BCUT2D eigenvalue weighted by Gasteiger charge is 2.36. The number of hydrogen-bond donors (Lipinski definition) is 1. The van der Waals surface area contributed by atoms with Gasteiger partial charge < -0.3 is 5.11 Å². The van der Waals surface area contributed by atoms with Gasteiger partial charge in [-0.3, -0.25) is 0 Å². The molecule has 0 aromatic heterocycles. The third-order valence-corrected chi connectivity index (χ3v) is 3.50. The maximum atomic E-state index is 9.46. The smallest absolute Gasteiger partial charge is 0.0514 e. The molecule has 0 saturated carbocycles. The van der Waals surface area contributed by atoms with Gasteiger partial charge in [-0.15, -0.1) is 0 Å². The van der Waals surface area contributed by atoms with E-state index in [1.54, 1.807) is 0 Å². The van der Waals surface area contributed by atoms with Crippen LogP contribution < -0.4 is 0 Å². The lowest BCUT2D eigenvalue weighted by Crippen LogP contribution is -2.33. The van der Waals surface area contributed by atoms with Crippen LogP contribution in [-0.2, 0) is 0 Å². The van der Waals surface area contributed by atoms with Crippen molar-refractivity contribution < 1.29 is 5.11 Å². The maximum Gasteiger partial charge on any atom is 0.0514 e. The first-order valence-electron chi connectivity index (χ1n) is 5.88. The molecule has 0 aromatic carbocycles. The van der Waals surface area contributed by atoms with E-state index in [9.17, 15) is 5.11 Å². The van der Waals surface area contributed by atoms with Gasteiger partial charge in [0.1, 0.15) is 0 Å². The Bertz CT molecular complexity index is 261. The van der Waals surface area contributed by atoms with Crippen molar-refractivity contribution in [1.82, 2.24) is 0 Å². The van der Waals surface area contributed by atoms with Gasteiger partial charge in [-0.2, -0.15) is 0 Å². The van der Waals surface area contributed by atoms with E-state index in [2.05, 4.69) is 39.5 Å². The molecule has 0 aromatic rings. The first kappa shape index (κ1) is 12.5. The van der Waals surface area contributed by atoms with Gasteiger partial charge in [-0.1, -0.05) is 45.1 Å². The molecule has 1 nitrogen and oxygen atoms in total. The summed E-state index contributed by atoms with van der Waals surface area (Å²) < 4.78 is 0. The molecule has 0 amide bonds. The quantitative estimate of drug-likeness (QED) is 0.752. The van der Waals surface area contributed by atoms with Gasteiger partial charge in [0.25, 0.3) is 0 Å². The first-order chi connectivity index (χ1) is 6.84. The van der Waals surface area contributed by atoms with Gasteiger partial charge in [-0.05, 0) is 37.0 Å². The fraction of sp³-hybridized carbons (Fsp3) is 0.714. The Morgan fingerprint density at radius 3 is 2.60 bits per heavy atom. The molecule has 0 fully saturated rings. The lowest BCUT2D eigenvalue weighted by molar-refractivity contribution is 0.112. The molecule has 0 heterocycles. The molecule has 1 N–H and O–H groups in total. The van der Waals surface area contributed by atoms with Crippen LogP contribution in [0.5, 0.6) is 0 Å². The van der Waals surface area contributed by atoms with Crippen LogP contribution in [0.1, 0.15) is 40.5 Å². The Kier molecular flexibility index (Phi) is 3.77. The normalized spacial score (nSPS) is 28.9. The van der Waals surface area contributed by atoms with E-state index in [-0.39, 0.29) is 11.5 Å². The molecule has 1 heteroatoms. The number of aliphatic hydroxyl groups excluding tert-OH is 1. The predicted molar refractivity (Wildman–Crippen MR) is 65.6 cm³/mol. The second kappa shape index (κ2) is 4.52. The fourth-order valence-electron chi connectivity index (χ4n) is 3.06. The van der Waals surface area contributed by atoms with Crippen molar-refractivity contribution in [3.63, 3.8) is 0 Å². The molecule has 3 unspecified atom stereocenters. The highest BCUT2D eigenvalue weighted by molar-refractivity contribution is 5.25. The molecule has 0 radical (unpaired) electrons. The van der Waals surface area contributed by atoms with E-state index in [0.29, 0.717) is 11.8 Å². The summed E-state index contributed by atoms with van der Waals surface area (Å²) in [4.78, 5) is 0. The van der Waals surface area contributed by atoms with Crippen LogP contribution >= 0.6 is 0 Å². The van der Waals surface area contributed by atoms with Gasteiger partial charge in [0.15, 0.2) is 0 Å². The van der Waals surface area contributed by atoms with Crippen molar-refractivity contribution >= 4 is 0 Å². The van der Waals surface area contributed by atoms with Crippen molar-refractivity contribution in [1.29, 1.82) is 0 Å². The van der Waals surface area contributed by atoms with E-state index in [1.165, 1.54) is 5.57 Å². The zero-order valence-corrected chi connectivity index (χ0v) is 10.5. The Labute approximate surface area is 93.9 Å². The lowest BCUT2D eigenvalue weighted by Gasteiger charge is -2.41. The van der Waals surface area contributed by atoms with Gasteiger partial charge >= 0.3 is 0 Å². The summed E-state index contributed by atoms with van der Waals surface area (Å²) in [6.45, 7) is 12.8. The first-order valence-corrected chi connectivity index (χ1v) is 5.88. The topological polar surface area (TPSA) is 20.2 Å². The molecule has 1 rings (SSSR count). The van der Waals surface area contributed by atoms with E-state index >= 15 is 0 Å². The van der Waals surface area contributed by atoms with E-state index < -0.39 is 0 Å². The number of aliphatic hydroxyl groups is 1. The Balaban J connectivity index is 2.81. The Hall–Kier alpha value is -0.560. The number of hydrogen-bond acceptors (Lipinski definition) is 1. The van der Waals surface area contributed by atoms with E-state index in [1.807, 2.05) is 6.92 Å². The van der Waals surface area contributed by atoms with E-state index in [4.69, 9.17) is 0 Å². The minimum absolute atomic E-state index is 0.213. The third kappa shape index (κ3) is 2.94. The summed E-state index contributed by atoms with van der Waals surface area (Å²) in [7, 11) is 0. The third-order valence-electron chi connectivity index (χ3n) is 3.50. The molecule has 0 bridgehead atoms. The predicted octanol–water partition coefficient (Wildman–Crippen LogP) is 3.55. The van der Waals surface area contributed by atoms with Crippen LogP contribution in [0.25, 0.3) is 0 Å². The molecule has 15 heavy (non-hydrogen) atoms. The van der Waals surface area contributed by atoms with Gasteiger partial charge in [0.05, 0.1) is 6.10 Å². The second-order valence-corrected chi connectivity index (χ2v) is 5.71. The molecule has 1 aliphatic carbocycles. The van der Waals surface area contributed by atoms with Crippen LogP contribution in [0.15, 0.2) is 24.3 Å². The zero-order valence-electron chi connectivity index (χ0n) is 10.5. The summed E-state index contributed by atoms with van der Waals surface area (Å²) in [5.74, 6) is 0.995. The van der Waals surface area contributed by atoms with Crippen LogP contribution in [0.4, 0.5) is 0 Å². The average Bonchev–Trinajstić information content (AvgIpc) is 1.99. The number of allylic oxidation sites excluding steroid dienone is 3. The number of rotatable bonds is 3. The van der Waals surface area contributed by atoms with Crippen LogP contribution in [0.2, 0.25) is 0 Å². The molecular weight excluding hydrogens is 184 g/mol. The van der Waals surface area contributed by atoms with Crippen molar-refractivity contribution in [3.8, 4) is 0 Å².